The fourth-order valence-corrected chi connectivity index (χ4v) is 2.88. The third-order valence-corrected chi connectivity index (χ3v) is 4.15. The van der Waals surface area contributed by atoms with Gasteiger partial charge in [0, 0.05) is 13.0 Å². The van der Waals surface area contributed by atoms with Gasteiger partial charge in [0.05, 0.1) is 17.6 Å². The molecule has 150 valence electrons. The second-order valence-electron chi connectivity index (χ2n) is 6.06. The van der Waals surface area contributed by atoms with E-state index in [0.29, 0.717) is 17.8 Å². The molecule has 8 nitrogen and oxygen atoms in total. The van der Waals surface area contributed by atoms with E-state index >= 15 is 0 Å². The van der Waals surface area contributed by atoms with Crippen molar-refractivity contribution >= 4 is 33.4 Å². The number of nitrogens with one attached hydrogen (secondary N) is 3. The zero-order valence-electron chi connectivity index (χ0n) is 15.5. The van der Waals surface area contributed by atoms with Crippen molar-refractivity contribution < 1.29 is 22.7 Å². The number of anilines is 2. The summed E-state index contributed by atoms with van der Waals surface area (Å²) in [5.41, 5.74) is 1.55. The number of hydrogen-bond donors (Lipinski definition) is 3. The lowest BCUT2D eigenvalue weighted by Crippen LogP contribution is -2.26. The van der Waals surface area contributed by atoms with Gasteiger partial charge in [-0.25, -0.2) is 13.2 Å². The number of rotatable bonds is 9. The molecular weight excluding hydrogens is 382 g/mol. The van der Waals surface area contributed by atoms with Gasteiger partial charge in [0.2, 0.25) is 15.9 Å². The Morgan fingerprint density at radius 3 is 2.29 bits per heavy atom. The molecule has 0 unspecified atom stereocenters. The molecule has 2 amide bonds. The van der Waals surface area contributed by atoms with Crippen LogP contribution in [0.4, 0.5) is 16.2 Å². The van der Waals surface area contributed by atoms with Crippen molar-refractivity contribution in [1.82, 2.24) is 5.32 Å². The zero-order valence-corrected chi connectivity index (χ0v) is 16.3. The van der Waals surface area contributed by atoms with Crippen LogP contribution < -0.4 is 15.4 Å². The van der Waals surface area contributed by atoms with Crippen LogP contribution in [0.5, 0.6) is 0 Å². The zero-order chi connectivity index (χ0) is 20.4. The first-order valence-corrected chi connectivity index (χ1v) is 10.5. The van der Waals surface area contributed by atoms with Gasteiger partial charge >= 0.3 is 6.09 Å². The molecule has 9 heteroatoms. The molecule has 0 spiro atoms. The van der Waals surface area contributed by atoms with Crippen molar-refractivity contribution in [3.05, 3.63) is 60.2 Å². The summed E-state index contributed by atoms with van der Waals surface area (Å²) in [6, 6.07) is 15.8. The van der Waals surface area contributed by atoms with E-state index in [1.54, 1.807) is 24.3 Å². The number of para-hydroxylation sites is 2. The summed E-state index contributed by atoms with van der Waals surface area (Å²) < 4.78 is 30.2. The second kappa shape index (κ2) is 10.3. The summed E-state index contributed by atoms with van der Waals surface area (Å²) in [6.45, 7) is 0.460. The van der Waals surface area contributed by atoms with Crippen LogP contribution >= 0.6 is 0 Å². The first-order chi connectivity index (χ1) is 13.3. The van der Waals surface area contributed by atoms with E-state index in [2.05, 4.69) is 15.4 Å². The Morgan fingerprint density at radius 1 is 0.964 bits per heavy atom. The third-order valence-electron chi connectivity index (χ3n) is 3.56. The summed E-state index contributed by atoms with van der Waals surface area (Å²) in [4.78, 5) is 23.7. The van der Waals surface area contributed by atoms with Crippen molar-refractivity contribution in [2.75, 3.05) is 22.8 Å². The van der Waals surface area contributed by atoms with Crippen LogP contribution in [0.15, 0.2) is 54.6 Å². The van der Waals surface area contributed by atoms with Crippen molar-refractivity contribution in [1.29, 1.82) is 0 Å². The molecule has 0 aliphatic rings. The highest BCUT2D eigenvalue weighted by molar-refractivity contribution is 7.92. The third kappa shape index (κ3) is 8.09. The molecule has 0 bridgehead atoms. The van der Waals surface area contributed by atoms with Crippen LogP contribution in [-0.2, 0) is 26.2 Å². The van der Waals surface area contributed by atoms with Crippen LogP contribution in [0.1, 0.15) is 18.4 Å². The molecular formula is C19H23N3O5S. The molecule has 0 saturated carbocycles. The second-order valence-corrected chi connectivity index (χ2v) is 7.81. The van der Waals surface area contributed by atoms with Gasteiger partial charge in [-0.3, -0.25) is 9.52 Å². The highest BCUT2D eigenvalue weighted by Crippen LogP contribution is 2.22. The molecule has 0 fully saturated rings. The summed E-state index contributed by atoms with van der Waals surface area (Å²) in [7, 11) is -3.45. The molecule has 2 aromatic rings. The topological polar surface area (TPSA) is 114 Å². The molecule has 28 heavy (non-hydrogen) atoms. The van der Waals surface area contributed by atoms with Gasteiger partial charge < -0.3 is 15.4 Å². The van der Waals surface area contributed by atoms with Crippen LogP contribution in [0.3, 0.4) is 0 Å². The molecule has 0 atom stereocenters. The summed E-state index contributed by atoms with van der Waals surface area (Å²) in [5, 5.41) is 5.24. The smallest absolute Gasteiger partial charge is 0.407 e. The largest absolute Gasteiger partial charge is 0.445 e. The lowest BCUT2D eigenvalue weighted by molar-refractivity contribution is -0.116. The van der Waals surface area contributed by atoms with E-state index < -0.39 is 16.1 Å². The van der Waals surface area contributed by atoms with E-state index in [0.717, 1.165) is 11.8 Å². The Balaban J connectivity index is 1.70. The van der Waals surface area contributed by atoms with Gasteiger partial charge in [-0.1, -0.05) is 42.5 Å². The fourth-order valence-electron chi connectivity index (χ4n) is 2.31. The van der Waals surface area contributed by atoms with Crippen LogP contribution in [0.25, 0.3) is 0 Å². The lowest BCUT2D eigenvalue weighted by Gasteiger charge is -2.12. The van der Waals surface area contributed by atoms with Crippen molar-refractivity contribution in [2.45, 2.75) is 19.4 Å². The predicted octanol–water partition coefficient (Wildman–Crippen LogP) is 2.70. The van der Waals surface area contributed by atoms with Crippen LogP contribution in [0, 0.1) is 0 Å². The average molecular weight is 405 g/mol. The summed E-state index contributed by atoms with van der Waals surface area (Å²) in [5.74, 6) is -0.290. The fraction of sp³-hybridized carbons (Fsp3) is 0.263. The lowest BCUT2D eigenvalue weighted by atomic mass is 10.2. The molecule has 0 saturated heterocycles. The summed E-state index contributed by atoms with van der Waals surface area (Å²) in [6.07, 6.45) is 1.06. The highest BCUT2D eigenvalue weighted by atomic mass is 32.2. The van der Waals surface area contributed by atoms with Crippen molar-refractivity contribution in [3.63, 3.8) is 0 Å². The van der Waals surface area contributed by atoms with E-state index in [1.165, 1.54) is 0 Å². The van der Waals surface area contributed by atoms with Crippen LogP contribution in [0.2, 0.25) is 0 Å². The quantitative estimate of drug-likeness (QED) is 0.555. The molecule has 3 N–H and O–H groups in total. The molecule has 0 aliphatic heterocycles. The maximum absolute atomic E-state index is 12.1. The van der Waals surface area contributed by atoms with E-state index in [-0.39, 0.29) is 25.5 Å². The van der Waals surface area contributed by atoms with Gasteiger partial charge in [-0.15, -0.1) is 0 Å². The maximum Gasteiger partial charge on any atom is 0.407 e. The molecule has 0 heterocycles. The first-order valence-electron chi connectivity index (χ1n) is 8.65. The number of amides is 2. The Hall–Kier alpha value is -3.07. The predicted molar refractivity (Wildman–Crippen MR) is 107 cm³/mol. The number of hydrogen-bond acceptors (Lipinski definition) is 5. The highest BCUT2D eigenvalue weighted by Gasteiger charge is 2.10. The van der Waals surface area contributed by atoms with Gasteiger partial charge in [-0.2, -0.15) is 0 Å². The number of ether oxygens (including phenoxy) is 1. The number of carbonyl (C=O) groups excluding carboxylic acids is 2. The van der Waals surface area contributed by atoms with Crippen molar-refractivity contribution in [3.8, 4) is 0 Å². The van der Waals surface area contributed by atoms with E-state index in [1.807, 2.05) is 30.3 Å². The van der Waals surface area contributed by atoms with Gasteiger partial charge in [0.15, 0.2) is 0 Å². The monoisotopic (exact) mass is 405 g/mol. The Kier molecular flexibility index (Phi) is 7.82. The minimum Gasteiger partial charge on any atom is -0.445 e. The number of alkyl carbamates (subject to hydrolysis) is 1. The van der Waals surface area contributed by atoms with Gasteiger partial charge in [0.1, 0.15) is 6.61 Å². The molecule has 0 radical (unpaired) electrons. The van der Waals surface area contributed by atoms with Crippen LogP contribution in [-0.4, -0.2) is 33.2 Å². The average Bonchev–Trinajstić information content (AvgIpc) is 2.65. The molecule has 2 aromatic carbocycles. The van der Waals surface area contributed by atoms with E-state index in [9.17, 15) is 18.0 Å². The summed E-state index contributed by atoms with van der Waals surface area (Å²) >= 11 is 0. The van der Waals surface area contributed by atoms with Gasteiger partial charge in [0.25, 0.3) is 0 Å². The number of carbonyl (C=O) groups is 2. The van der Waals surface area contributed by atoms with Crippen molar-refractivity contribution in [2.24, 2.45) is 0 Å². The molecule has 0 aromatic heterocycles. The minimum atomic E-state index is -3.45. The van der Waals surface area contributed by atoms with E-state index in [4.69, 9.17) is 4.74 Å². The van der Waals surface area contributed by atoms with Gasteiger partial charge in [-0.05, 0) is 24.1 Å². The minimum absolute atomic E-state index is 0.159. The Labute approximate surface area is 164 Å². The maximum atomic E-state index is 12.1. The standard InChI is InChI=1S/C19H23N3O5S/c1-28(25,26)22-17-11-6-5-10-16(17)21-18(23)12-7-13-20-19(24)27-14-15-8-3-2-4-9-15/h2-6,8-11,22H,7,12-14H2,1H3,(H,20,24)(H,21,23). The number of sulfonamides is 1. The molecule has 2 rings (SSSR count). The normalized spacial score (nSPS) is 10.8. The molecule has 0 aliphatic carbocycles. The Bertz CT molecular complexity index is 901. The first kappa shape index (κ1) is 21.2. The SMILES string of the molecule is CS(=O)(=O)Nc1ccccc1NC(=O)CCCNC(=O)OCc1ccccc1. The number of benzene rings is 2. The Morgan fingerprint density at radius 2 is 1.61 bits per heavy atom.